The van der Waals surface area contributed by atoms with Crippen LogP contribution in [0.25, 0.3) is 0 Å². The van der Waals surface area contributed by atoms with E-state index in [1.807, 2.05) is 4.90 Å². The van der Waals surface area contributed by atoms with Crippen LogP contribution < -0.4 is 9.47 Å². The Hall–Kier alpha value is -1.89. The van der Waals surface area contributed by atoms with Crippen LogP contribution in [0, 0.1) is 5.92 Å². The zero-order valence-electron chi connectivity index (χ0n) is 11.6. The van der Waals surface area contributed by atoms with Crippen molar-refractivity contribution in [2.24, 2.45) is 5.92 Å². The van der Waals surface area contributed by atoms with Crippen molar-refractivity contribution in [2.45, 2.75) is 19.6 Å². The number of carboxylic acid groups (broad SMARTS) is 1. The van der Waals surface area contributed by atoms with Crippen molar-refractivity contribution >= 4 is 5.97 Å². The lowest BCUT2D eigenvalue weighted by Crippen LogP contribution is -2.22. The predicted octanol–water partition coefficient (Wildman–Crippen LogP) is 2.20. The molecule has 0 spiro atoms. The van der Waals surface area contributed by atoms with E-state index < -0.39 is 12.6 Å². The van der Waals surface area contributed by atoms with Gasteiger partial charge >= 0.3 is 12.6 Å². The molecule has 0 aromatic heterocycles. The lowest BCUT2D eigenvalue weighted by molar-refractivity contribution is -0.141. The van der Waals surface area contributed by atoms with E-state index >= 15 is 0 Å². The number of halogens is 2. The molecule has 0 saturated carbocycles. The standard InChI is InChI=1S/C14H17F2NO4/c1-20-11-3-2-9(6-12(11)21-14(15)16)7-17-5-4-10(8-17)13(18)19/h2-3,6,10,14H,4-5,7-8H2,1H3,(H,18,19). The molecular weight excluding hydrogens is 284 g/mol. The van der Waals surface area contributed by atoms with Crippen molar-refractivity contribution in [1.29, 1.82) is 0 Å². The Morgan fingerprint density at radius 1 is 1.48 bits per heavy atom. The number of ether oxygens (including phenoxy) is 2. The average Bonchev–Trinajstić information content (AvgIpc) is 2.87. The van der Waals surface area contributed by atoms with Gasteiger partial charge in [-0.25, -0.2) is 0 Å². The van der Waals surface area contributed by atoms with Gasteiger partial charge in [0.2, 0.25) is 0 Å². The van der Waals surface area contributed by atoms with Crippen LogP contribution >= 0.6 is 0 Å². The SMILES string of the molecule is COc1ccc(CN2CCC(C(=O)O)C2)cc1OC(F)F. The maximum atomic E-state index is 12.4. The number of alkyl halides is 2. The number of benzene rings is 1. The van der Waals surface area contributed by atoms with Crippen molar-refractivity contribution in [2.75, 3.05) is 20.2 Å². The van der Waals surface area contributed by atoms with Gasteiger partial charge in [-0.05, 0) is 30.7 Å². The molecular formula is C14H17F2NO4. The molecule has 1 atom stereocenters. The normalized spacial score (nSPS) is 19.0. The number of aliphatic carboxylic acids is 1. The first-order chi connectivity index (χ1) is 9.99. The van der Waals surface area contributed by atoms with Gasteiger partial charge < -0.3 is 14.6 Å². The van der Waals surface area contributed by atoms with Crippen LogP contribution in [-0.2, 0) is 11.3 Å². The Morgan fingerprint density at radius 2 is 2.24 bits per heavy atom. The summed E-state index contributed by atoms with van der Waals surface area (Å²) in [4.78, 5) is 12.9. The molecule has 1 N–H and O–H groups in total. The van der Waals surface area contributed by atoms with Gasteiger partial charge in [0.05, 0.1) is 13.0 Å². The second kappa shape index (κ2) is 6.71. The Morgan fingerprint density at radius 3 is 2.81 bits per heavy atom. The molecule has 1 aliphatic rings. The van der Waals surface area contributed by atoms with E-state index in [1.165, 1.54) is 13.2 Å². The van der Waals surface area contributed by atoms with Crippen molar-refractivity contribution < 1.29 is 28.2 Å². The molecule has 21 heavy (non-hydrogen) atoms. The van der Waals surface area contributed by atoms with Gasteiger partial charge in [0, 0.05) is 13.1 Å². The number of hydrogen-bond acceptors (Lipinski definition) is 4. The fourth-order valence-corrected chi connectivity index (χ4v) is 2.44. The lowest BCUT2D eigenvalue weighted by atomic mass is 10.1. The molecule has 1 aromatic rings. The highest BCUT2D eigenvalue weighted by Crippen LogP contribution is 2.30. The number of carboxylic acids is 1. The Kier molecular flexibility index (Phi) is 4.95. The number of likely N-dealkylation sites (tertiary alicyclic amines) is 1. The minimum atomic E-state index is -2.92. The molecule has 0 aliphatic carbocycles. The molecule has 0 radical (unpaired) electrons. The molecule has 1 aliphatic heterocycles. The average molecular weight is 301 g/mol. The van der Waals surface area contributed by atoms with Crippen LogP contribution in [0.15, 0.2) is 18.2 Å². The summed E-state index contributed by atoms with van der Waals surface area (Å²) in [6.45, 7) is -1.29. The van der Waals surface area contributed by atoms with Crippen LogP contribution in [0.5, 0.6) is 11.5 Å². The number of carbonyl (C=O) groups is 1. The first kappa shape index (κ1) is 15.5. The molecule has 116 valence electrons. The lowest BCUT2D eigenvalue weighted by Gasteiger charge is -2.17. The van der Waals surface area contributed by atoms with E-state index in [1.54, 1.807) is 12.1 Å². The van der Waals surface area contributed by atoms with Gasteiger partial charge in [0.15, 0.2) is 11.5 Å². The molecule has 1 unspecified atom stereocenters. The monoisotopic (exact) mass is 301 g/mol. The van der Waals surface area contributed by atoms with Crippen molar-refractivity contribution in [1.82, 2.24) is 4.90 Å². The third-order valence-corrected chi connectivity index (χ3v) is 3.47. The summed E-state index contributed by atoms with van der Waals surface area (Å²) in [7, 11) is 1.38. The smallest absolute Gasteiger partial charge is 0.387 e. The first-order valence-corrected chi connectivity index (χ1v) is 6.56. The third kappa shape index (κ3) is 4.04. The molecule has 0 amide bonds. The molecule has 5 nitrogen and oxygen atoms in total. The molecule has 1 heterocycles. The van der Waals surface area contributed by atoms with E-state index in [4.69, 9.17) is 9.84 Å². The number of methoxy groups -OCH3 is 1. The predicted molar refractivity (Wildman–Crippen MR) is 70.6 cm³/mol. The fourth-order valence-electron chi connectivity index (χ4n) is 2.44. The zero-order chi connectivity index (χ0) is 15.4. The maximum Gasteiger partial charge on any atom is 0.387 e. The van der Waals surface area contributed by atoms with E-state index in [0.29, 0.717) is 26.1 Å². The third-order valence-electron chi connectivity index (χ3n) is 3.47. The molecule has 1 saturated heterocycles. The number of rotatable bonds is 6. The van der Waals surface area contributed by atoms with Crippen LogP contribution in [-0.4, -0.2) is 42.8 Å². The van der Waals surface area contributed by atoms with Crippen LogP contribution in [0.1, 0.15) is 12.0 Å². The maximum absolute atomic E-state index is 12.4. The largest absolute Gasteiger partial charge is 0.493 e. The van der Waals surface area contributed by atoms with Crippen LogP contribution in [0.2, 0.25) is 0 Å². The van der Waals surface area contributed by atoms with E-state index in [-0.39, 0.29) is 17.4 Å². The summed E-state index contributed by atoms with van der Waals surface area (Å²) >= 11 is 0. The summed E-state index contributed by atoms with van der Waals surface area (Å²) in [6, 6.07) is 4.82. The van der Waals surface area contributed by atoms with Crippen molar-refractivity contribution in [3.05, 3.63) is 23.8 Å². The Labute approximate surface area is 121 Å². The second-order valence-electron chi connectivity index (χ2n) is 4.92. The minimum absolute atomic E-state index is 0.0148. The van der Waals surface area contributed by atoms with Gasteiger partial charge in [0.1, 0.15) is 0 Å². The molecule has 0 bridgehead atoms. The summed E-state index contributed by atoms with van der Waals surface area (Å²) in [5.74, 6) is -0.933. The van der Waals surface area contributed by atoms with Crippen LogP contribution in [0.4, 0.5) is 8.78 Å². The van der Waals surface area contributed by atoms with Crippen molar-refractivity contribution in [3.8, 4) is 11.5 Å². The van der Waals surface area contributed by atoms with Gasteiger partial charge in [-0.2, -0.15) is 8.78 Å². The molecule has 2 rings (SSSR count). The molecule has 1 fully saturated rings. The van der Waals surface area contributed by atoms with Gasteiger partial charge in [0.25, 0.3) is 0 Å². The Bertz CT molecular complexity index is 510. The highest BCUT2D eigenvalue weighted by molar-refractivity contribution is 5.70. The fraction of sp³-hybridized carbons (Fsp3) is 0.500. The first-order valence-electron chi connectivity index (χ1n) is 6.56. The highest BCUT2D eigenvalue weighted by Gasteiger charge is 2.27. The molecule has 1 aromatic carbocycles. The zero-order valence-corrected chi connectivity index (χ0v) is 11.6. The summed E-state index contributed by atoms with van der Waals surface area (Å²) < 4.78 is 34.1. The summed E-state index contributed by atoms with van der Waals surface area (Å²) in [5, 5.41) is 8.96. The van der Waals surface area contributed by atoms with Crippen LogP contribution in [0.3, 0.4) is 0 Å². The van der Waals surface area contributed by atoms with Crippen molar-refractivity contribution in [3.63, 3.8) is 0 Å². The highest BCUT2D eigenvalue weighted by atomic mass is 19.3. The second-order valence-corrected chi connectivity index (χ2v) is 4.92. The van der Waals surface area contributed by atoms with E-state index in [2.05, 4.69) is 4.74 Å². The summed E-state index contributed by atoms with van der Waals surface area (Å²) in [6.07, 6.45) is 0.603. The van der Waals surface area contributed by atoms with E-state index in [9.17, 15) is 13.6 Å². The van der Waals surface area contributed by atoms with Gasteiger partial charge in [-0.15, -0.1) is 0 Å². The summed E-state index contributed by atoms with van der Waals surface area (Å²) in [5.41, 5.74) is 0.775. The minimum Gasteiger partial charge on any atom is -0.493 e. The molecule has 7 heteroatoms. The van der Waals surface area contributed by atoms with Gasteiger partial charge in [-0.3, -0.25) is 9.69 Å². The Balaban J connectivity index is 2.05. The topological polar surface area (TPSA) is 59.0 Å². The quantitative estimate of drug-likeness (QED) is 0.873. The van der Waals surface area contributed by atoms with Gasteiger partial charge in [-0.1, -0.05) is 6.07 Å². The van der Waals surface area contributed by atoms with E-state index in [0.717, 1.165) is 5.56 Å². The number of nitrogens with zero attached hydrogens (tertiary/aromatic N) is 1. The number of hydrogen-bond donors (Lipinski definition) is 1.